The summed E-state index contributed by atoms with van der Waals surface area (Å²) in [5, 5.41) is 7.03. The molecule has 0 atom stereocenters. The number of nitrogens with zero attached hydrogens (tertiary/aromatic N) is 6. The van der Waals surface area contributed by atoms with Crippen molar-refractivity contribution in [3.05, 3.63) is 77.6 Å². The van der Waals surface area contributed by atoms with Crippen molar-refractivity contribution in [2.75, 3.05) is 23.8 Å². The second-order valence-electron chi connectivity index (χ2n) is 11.3. The maximum atomic E-state index is 13.7. The molecule has 0 aliphatic heterocycles. The van der Waals surface area contributed by atoms with Gasteiger partial charge in [0.15, 0.2) is 23.1 Å². The van der Waals surface area contributed by atoms with Crippen LogP contribution in [0.15, 0.2) is 71.9 Å². The third-order valence-corrected chi connectivity index (χ3v) is 8.86. The highest BCUT2D eigenvalue weighted by Crippen LogP contribution is 2.41. The lowest BCUT2D eigenvalue weighted by Gasteiger charge is -2.20. The van der Waals surface area contributed by atoms with Gasteiger partial charge in [-0.2, -0.15) is 18.2 Å². The number of alkyl halides is 3. The number of rotatable bonds is 12. The molecule has 3 heterocycles. The van der Waals surface area contributed by atoms with Crippen LogP contribution in [0.1, 0.15) is 37.8 Å². The number of para-hydroxylation sites is 2. The molecule has 5 rings (SSSR count). The Kier molecular flexibility index (Phi) is 10.5. The standard InChI is InChI=1S/C31H29F3N8O6S2/c1-30(2,3)18-10-12-19(13-11-18)50(44,45)42-24-23(48-21-9-6-5-8-20(21)46-4)27(39-26(38-24)25-35-15-7-16-36-25)47-17-14-22(43)37-29-41-40-28(49-29)31(32,33)34/h5-13,15-16H,14,17H2,1-4H3,(H,37,41,43)(H,38,39,42). The molecule has 0 saturated heterocycles. The van der Waals surface area contributed by atoms with E-state index in [0.717, 1.165) is 5.56 Å². The van der Waals surface area contributed by atoms with Crippen LogP contribution in [-0.4, -0.2) is 58.2 Å². The molecular weight excluding hydrogens is 702 g/mol. The largest absolute Gasteiger partial charge is 0.493 e. The highest BCUT2D eigenvalue weighted by atomic mass is 32.2. The quantitative estimate of drug-likeness (QED) is 0.151. The van der Waals surface area contributed by atoms with Crippen LogP contribution in [0.4, 0.5) is 24.1 Å². The lowest BCUT2D eigenvalue weighted by Crippen LogP contribution is -2.18. The predicted molar refractivity (Wildman–Crippen MR) is 176 cm³/mol. The zero-order valence-electron chi connectivity index (χ0n) is 26.8. The Bertz CT molecular complexity index is 2080. The second-order valence-corrected chi connectivity index (χ2v) is 14.0. The minimum Gasteiger partial charge on any atom is -0.493 e. The predicted octanol–water partition coefficient (Wildman–Crippen LogP) is 6.11. The normalized spacial score (nSPS) is 11.9. The van der Waals surface area contributed by atoms with Gasteiger partial charge in [0.1, 0.15) is 0 Å². The van der Waals surface area contributed by atoms with Crippen molar-refractivity contribution >= 4 is 38.2 Å². The lowest BCUT2D eigenvalue weighted by molar-refractivity contribution is -0.138. The highest BCUT2D eigenvalue weighted by molar-refractivity contribution is 7.92. The van der Waals surface area contributed by atoms with Crippen LogP contribution in [0.3, 0.4) is 0 Å². The maximum absolute atomic E-state index is 13.7. The molecule has 50 heavy (non-hydrogen) atoms. The SMILES string of the molecule is COc1ccccc1Oc1c(NS(=O)(=O)c2ccc(C(C)(C)C)cc2)nc(-c2ncccn2)nc1OCCC(=O)Nc1nnc(C(F)(F)F)s1. The van der Waals surface area contributed by atoms with E-state index in [1.807, 2.05) is 20.8 Å². The Labute approximate surface area is 288 Å². The summed E-state index contributed by atoms with van der Waals surface area (Å²) in [5.74, 6) is -1.48. The third kappa shape index (κ3) is 8.77. The molecule has 2 N–H and O–H groups in total. The van der Waals surface area contributed by atoms with E-state index >= 15 is 0 Å². The number of sulfonamides is 1. The summed E-state index contributed by atoms with van der Waals surface area (Å²) >= 11 is 0.160. The number of benzene rings is 2. The van der Waals surface area contributed by atoms with E-state index in [2.05, 4.69) is 40.2 Å². The number of hydrogen-bond acceptors (Lipinski definition) is 13. The molecule has 0 aliphatic rings. The van der Waals surface area contributed by atoms with Gasteiger partial charge in [0.25, 0.3) is 15.9 Å². The summed E-state index contributed by atoms with van der Waals surface area (Å²) in [6, 6.07) is 14.4. The molecule has 1 amide bonds. The molecule has 0 radical (unpaired) electrons. The number of halogens is 3. The molecular formula is C31H29F3N8O6S2. The van der Waals surface area contributed by atoms with Crippen LogP contribution in [-0.2, 0) is 26.4 Å². The van der Waals surface area contributed by atoms with Crippen molar-refractivity contribution < 1.29 is 40.6 Å². The van der Waals surface area contributed by atoms with E-state index in [1.165, 1.54) is 31.6 Å². The van der Waals surface area contributed by atoms with Gasteiger partial charge in [-0.1, -0.05) is 56.4 Å². The van der Waals surface area contributed by atoms with E-state index in [1.54, 1.807) is 42.5 Å². The van der Waals surface area contributed by atoms with Gasteiger partial charge in [-0.15, -0.1) is 10.2 Å². The van der Waals surface area contributed by atoms with Crippen LogP contribution in [0.5, 0.6) is 23.1 Å². The van der Waals surface area contributed by atoms with Crippen molar-refractivity contribution in [3.8, 4) is 34.8 Å². The fraction of sp³-hybridized carbons (Fsp3) is 0.258. The first-order chi connectivity index (χ1) is 23.6. The van der Waals surface area contributed by atoms with Crippen LogP contribution in [0.25, 0.3) is 11.6 Å². The number of anilines is 2. The molecule has 14 nitrogen and oxygen atoms in total. The minimum atomic E-state index is -4.72. The van der Waals surface area contributed by atoms with Crippen molar-refractivity contribution in [2.45, 2.75) is 43.7 Å². The summed E-state index contributed by atoms with van der Waals surface area (Å²) in [7, 11) is -2.89. The van der Waals surface area contributed by atoms with Crippen LogP contribution in [0, 0.1) is 0 Å². The van der Waals surface area contributed by atoms with E-state index in [0.29, 0.717) is 0 Å². The number of ether oxygens (including phenoxy) is 3. The molecule has 5 aromatic rings. The van der Waals surface area contributed by atoms with E-state index in [4.69, 9.17) is 14.2 Å². The average molecular weight is 731 g/mol. The molecule has 0 fully saturated rings. The topological polar surface area (TPSA) is 180 Å². The monoisotopic (exact) mass is 730 g/mol. The number of methoxy groups -OCH3 is 1. The van der Waals surface area contributed by atoms with Gasteiger partial charge in [0.2, 0.25) is 27.6 Å². The Morgan fingerprint density at radius 3 is 2.20 bits per heavy atom. The maximum Gasteiger partial charge on any atom is 0.445 e. The number of nitrogens with one attached hydrogen (secondary N) is 2. The van der Waals surface area contributed by atoms with Crippen molar-refractivity contribution in [1.82, 2.24) is 30.1 Å². The molecule has 262 valence electrons. The number of amides is 1. The molecule has 2 aromatic carbocycles. The fourth-order valence-corrected chi connectivity index (χ4v) is 5.78. The Balaban J connectivity index is 1.51. The second kappa shape index (κ2) is 14.6. The van der Waals surface area contributed by atoms with Gasteiger partial charge in [0.05, 0.1) is 25.0 Å². The summed E-state index contributed by atoms with van der Waals surface area (Å²) in [6.07, 6.45) is -2.26. The Hall–Kier alpha value is -5.43. The van der Waals surface area contributed by atoms with Gasteiger partial charge in [-0.05, 0) is 41.3 Å². The Morgan fingerprint density at radius 2 is 1.58 bits per heavy atom. The summed E-state index contributed by atoms with van der Waals surface area (Å²) < 4.78 is 86.0. The van der Waals surface area contributed by atoms with Gasteiger partial charge in [0, 0.05) is 12.4 Å². The van der Waals surface area contributed by atoms with Gasteiger partial charge >= 0.3 is 6.18 Å². The van der Waals surface area contributed by atoms with Gasteiger partial charge in [-0.25, -0.2) is 23.4 Å². The van der Waals surface area contributed by atoms with Crippen LogP contribution >= 0.6 is 11.3 Å². The third-order valence-electron chi connectivity index (χ3n) is 6.62. The highest BCUT2D eigenvalue weighted by Gasteiger charge is 2.36. The lowest BCUT2D eigenvalue weighted by atomic mass is 9.87. The number of carbonyl (C=O) groups is 1. The first kappa shape index (κ1) is 35.9. The average Bonchev–Trinajstić information content (AvgIpc) is 3.55. The van der Waals surface area contributed by atoms with Gasteiger partial charge < -0.3 is 19.5 Å². The molecule has 19 heteroatoms. The van der Waals surface area contributed by atoms with E-state index in [9.17, 15) is 26.4 Å². The zero-order valence-corrected chi connectivity index (χ0v) is 28.5. The van der Waals surface area contributed by atoms with Crippen LogP contribution < -0.4 is 24.2 Å². The first-order valence-corrected chi connectivity index (χ1v) is 16.9. The molecule has 0 unspecified atom stereocenters. The molecule has 3 aromatic heterocycles. The molecule has 0 spiro atoms. The summed E-state index contributed by atoms with van der Waals surface area (Å²) in [4.78, 5) is 29.6. The zero-order chi connectivity index (χ0) is 36.1. The van der Waals surface area contributed by atoms with Crippen molar-refractivity contribution in [3.63, 3.8) is 0 Å². The smallest absolute Gasteiger partial charge is 0.445 e. The number of aromatic nitrogens is 6. The fourth-order valence-electron chi connectivity index (χ4n) is 4.15. The summed E-state index contributed by atoms with van der Waals surface area (Å²) in [5.41, 5.74) is 0.684. The van der Waals surface area contributed by atoms with Crippen molar-refractivity contribution in [2.24, 2.45) is 0 Å². The first-order valence-electron chi connectivity index (χ1n) is 14.6. The molecule has 0 bridgehead atoms. The van der Waals surface area contributed by atoms with E-state index < -0.39 is 40.1 Å². The summed E-state index contributed by atoms with van der Waals surface area (Å²) in [6.45, 7) is 5.59. The minimum absolute atomic E-state index is 0.00523. The number of carbonyl (C=O) groups excluding carboxylic acids is 1. The molecule has 0 saturated carbocycles. The Morgan fingerprint density at radius 1 is 0.900 bits per heavy atom. The number of hydrogen-bond donors (Lipinski definition) is 2. The van der Waals surface area contributed by atoms with E-state index in [-0.39, 0.29) is 67.4 Å². The molecule has 0 aliphatic carbocycles. The van der Waals surface area contributed by atoms with Crippen molar-refractivity contribution in [1.29, 1.82) is 0 Å². The van der Waals surface area contributed by atoms with Crippen LogP contribution in [0.2, 0.25) is 0 Å². The van der Waals surface area contributed by atoms with Gasteiger partial charge in [-0.3, -0.25) is 9.52 Å².